The van der Waals surface area contributed by atoms with E-state index in [2.05, 4.69) is 17.9 Å². The Labute approximate surface area is 59.9 Å². The van der Waals surface area contributed by atoms with Crippen LogP contribution in [0.5, 0.6) is 0 Å². The number of carboxylic acids is 1. The van der Waals surface area contributed by atoms with E-state index < -0.39 is 5.97 Å². The van der Waals surface area contributed by atoms with E-state index in [0.29, 0.717) is 6.54 Å². The number of thiol groups is 1. The minimum absolute atomic E-state index is 0.188. The van der Waals surface area contributed by atoms with Gasteiger partial charge in [-0.15, -0.1) is 0 Å². The molecule has 0 heterocycles. The van der Waals surface area contributed by atoms with Gasteiger partial charge in [-0.05, 0) is 0 Å². The van der Waals surface area contributed by atoms with Crippen molar-refractivity contribution in [3.8, 4) is 0 Å². The van der Waals surface area contributed by atoms with Gasteiger partial charge < -0.3 is 10.4 Å². The highest BCUT2D eigenvalue weighted by Crippen LogP contribution is 1.75. The van der Waals surface area contributed by atoms with Crippen LogP contribution in [0.15, 0.2) is 0 Å². The van der Waals surface area contributed by atoms with Crippen molar-refractivity contribution in [1.82, 2.24) is 5.32 Å². The maximum atomic E-state index is 9.90. The number of hydrogen-bond acceptors (Lipinski definition) is 3. The van der Waals surface area contributed by atoms with Crippen molar-refractivity contribution in [2.75, 3.05) is 18.8 Å². The smallest absolute Gasteiger partial charge is 0.304 e. The lowest BCUT2D eigenvalue weighted by molar-refractivity contribution is -0.136. The zero-order chi connectivity index (χ0) is 7.11. The van der Waals surface area contributed by atoms with Crippen molar-refractivity contribution in [2.24, 2.45) is 0 Å². The Hall–Kier alpha value is -0.220. The van der Waals surface area contributed by atoms with Gasteiger partial charge in [0.25, 0.3) is 0 Å². The first-order valence-electron chi connectivity index (χ1n) is 2.80. The van der Waals surface area contributed by atoms with Crippen LogP contribution in [0.25, 0.3) is 0 Å². The van der Waals surface area contributed by atoms with Crippen LogP contribution in [0.3, 0.4) is 0 Å². The molecular formula is C5H11NO2S. The zero-order valence-corrected chi connectivity index (χ0v) is 6.03. The quantitative estimate of drug-likeness (QED) is 0.380. The fraction of sp³-hybridized carbons (Fsp3) is 0.800. The van der Waals surface area contributed by atoms with Crippen LogP contribution in [-0.2, 0) is 4.79 Å². The number of carboxylic acid groups (broad SMARTS) is 1. The van der Waals surface area contributed by atoms with Crippen LogP contribution >= 0.6 is 12.6 Å². The van der Waals surface area contributed by atoms with E-state index in [9.17, 15) is 4.79 Å². The number of carbonyl (C=O) groups is 1. The Balaban J connectivity index is 2.83. The van der Waals surface area contributed by atoms with E-state index in [0.717, 1.165) is 12.3 Å². The summed E-state index contributed by atoms with van der Waals surface area (Å²) in [5.74, 6) is -0.0127. The second kappa shape index (κ2) is 5.91. The normalized spacial score (nSPS) is 9.44. The molecule has 0 spiro atoms. The first-order valence-corrected chi connectivity index (χ1v) is 3.44. The minimum atomic E-state index is -0.762. The summed E-state index contributed by atoms with van der Waals surface area (Å²) >= 11 is 3.94. The third kappa shape index (κ3) is 7.78. The van der Waals surface area contributed by atoms with Gasteiger partial charge in [-0.1, -0.05) is 0 Å². The molecule has 3 nitrogen and oxygen atoms in total. The van der Waals surface area contributed by atoms with Gasteiger partial charge in [-0.3, -0.25) is 4.79 Å². The molecule has 0 aromatic heterocycles. The Morgan fingerprint density at radius 3 is 2.67 bits per heavy atom. The van der Waals surface area contributed by atoms with Gasteiger partial charge in [-0.2, -0.15) is 12.6 Å². The van der Waals surface area contributed by atoms with E-state index in [1.807, 2.05) is 0 Å². The highest BCUT2D eigenvalue weighted by Gasteiger charge is 1.92. The van der Waals surface area contributed by atoms with Crippen LogP contribution in [0, 0.1) is 0 Å². The standard InChI is InChI=1S/C5H11NO2S/c7-5(8)1-2-6-3-4-9/h6,9H,1-4H2,(H,7,8). The predicted molar refractivity (Wildman–Crippen MR) is 39.0 cm³/mol. The molecule has 0 atom stereocenters. The molecule has 2 N–H and O–H groups in total. The molecule has 0 aromatic rings. The maximum Gasteiger partial charge on any atom is 0.304 e. The van der Waals surface area contributed by atoms with E-state index in [1.54, 1.807) is 0 Å². The third-order valence-electron chi connectivity index (χ3n) is 0.804. The van der Waals surface area contributed by atoms with Gasteiger partial charge in [0.2, 0.25) is 0 Å². The van der Waals surface area contributed by atoms with E-state index in [4.69, 9.17) is 5.11 Å². The molecule has 0 saturated carbocycles. The van der Waals surface area contributed by atoms with Crippen molar-refractivity contribution in [1.29, 1.82) is 0 Å². The summed E-state index contributed by atoms with van der Waals surface area (Å²) in [5.41, 5.74) is 0. The fourth-order valence-electron chi connectivity index (χ4n) is 0.399. The maximum absolute atomic E-state index is 9.90. The van der Waals surface area contributed by atoms with Gasteiger partial charge >= 0.3 is 5.97 Å². The van der Waals surface area contributed by atoms with E-state index in [-0.39, 0.29) is 6.42 Å². The van der Waals surface area contributed by atoms with Gasteiger partial charge in [0, 0.05) is 18.8 Å². The second-order valence-electron chi connectivity index (χ2n) is 1.62. The largest absolute Gasteiger partial charge is 0.481 e. The monoisotopic (exact) mass is 149 g/mol. The van der Waals surface area contributed by atoms with Crippen LogP contribution in [0.4, 0.5) is 0 Å². The molecule has 0 bridgehead atoms. The van der Waals surface area contributed by atoms with Gasteiger partial charge in [0.05, 0.1) is 6.42 Å². The molecule has 0 aliphatic heterocycles. The number of nitrogens with one attached hydrogen (secondary N) is 1. The summed E-state index contributed by atoms with van der Waals surface area (Å²) in [4.78, 5) is 9.90. The Morgan fingerprint density at radius 1 is 1.56 bits per heavy atom. The van der Waals surface area contributed by atoms with Crippen molar-refractivity contribution >= 4 is 18.6 Å². The molecule has 0 unspecified atom stereocenters. The van der Waals surface area contributed by atoms with Gasteiger partial charge in [0.1, 0.15) is 0 Å². The van der Waals surface area contributed by atoms with Crippen LogP contribution < -0.4 is 5.32 Å². The number of hydrogen-bond donors (Lipinski definition) is 3. The predicted octanol–water partition coefficient (Wildman–Crippen LogP) is -0.0195. The molecule has 0 aliphatic carbocycles. The molecule has 0 aliphatic rings. The molecule has 9 heavy (non-hydrogen) atoms. The Bertz CT molecular complexity index is 87.0. The summed E-state index contributed by atoms with van der Waals surface area (Å²) in [5, 5.41) is 11.1. The molecule has 4 heteroatoms. The third-order valence-corrected chi connectivity index (χ3v) is 1.03. The average Bonchev–Trinajstić information content (AvgIpc) is 1.80. The summed E-state index contributed by atoms with van der Waals surface area (Å²) < 4.78 is 0. The van der Waals surface area contributed by atoms with Crippen molar-refractivity contribution in [3.05, 3.63) is 0 Å². The molecule has 0 fully saturated rings. The van der Waals surface area contributed by atoms with Crippen LogP contribution in [0.1, 0.15) is 6.42 Å². The van der Waals surface area contributed by atoms with E-state index >= 15 is 0 Å². The lowest BCUT2D eigenvalue weighted by Gasteiger charge is -1.96. The second-order valence-corrected chi connectivity index (χ2v) is 2.06. The number of aliphatic carboxylic acids is 1. The molecule has 0 amide bonds. The molecule has 54 valence electrons. The van der Waals surface area contributed by atoms with Crippen molar-refractivity contribution in [2.45, 2.75) is 6.42 Å². The molecule has 0 aromatic carbocycles. The fourth-order valence-corrected chi connectivity index (χ4v) is 0.557. The zero-order valence-electron chi connectivity index (χ0n) is 5.13. The lowest BCUT2D eigenvalue weighted by atomic mass is 10.4. The van der Waals surface area contributed by atoms with Crippen molar-refractivity contribution in [3.63, 3.8) is 0 Å². The van der Waals surface area contributed by atoms with Crippen LogP contribution in [0.2, 0.25) is 0 Å². The average molecular weight is 149 g/mol. The first-order chi connectivity index (χ1) is 4.27. The molecule has 0 rings (SSSR count). The lowest BCUT2D eigenvalue weighted by Crippen LogP contribution is -2.19. The molecular weight excluding hydrogens is 138 g/mol. The highest BCUT2D eigenvalue weighted by molar-refractivity contribution is 7.80. The summed E-state index contributed by atoms with van der Waals surface area (Å²) in [7, 11) is 0. The van der Waals surface area contributed by atoms with Gasteiger partial charge in [0.15, 0.2) is 0 Å². The minimum Gasteiger partial charge on any atom is -0.481 e. The molecule has 0 radical (unpaired) electrons. The number of rotatable bonds is 5. The Morgan fingerprint density at radius 2 is 2.22 bits per heavy atom. The Kier molecular flexibility index (Phi) is 5.76. The van der Waals surface area contributed by atoms with E-state index in [1.165, 1.54) is 0 Å². The van der Waals surface area contributed by atoms with Crippen LogP contribution in [-0.4, -0.2) is 29.9 Å². The van der Waals surface area contributed by atoms with Crippen molar-refractivity contribution < 1.29 is 9.90 Å². The SMILES string of the molecule is O=C(O)CCNCCS. The first kappa shape index (κ1) is 8.78. The highest BCUT2D eigenvalue weighted by atomic mass is 32.1. The summed E-state index contributed by atoms with van der Waals surface area (Å²) in [6, 6.07) is 0. The van der Waals surface area contributed by atoms with Gasteiger partial charge in [-0.25, -0.2) is 0 Å². The summed E-state index contributed by atoms with van der Waals surface area (Å²) in [6.45, 7) is 1.31. The summed E-state index contributed by atoms with van der Waals surface area (Å²) in [6.07, 6.45) is 0.188. The molecule has 0 saturated heterocycles. The topological polar surface area (TPSA) is 49.3 Å².